The van der Waals surface area contributed by atoms with E-state index in [0.717, 1.165) is 31.7 Å². The fourth-order valence-corrected chi connectivity index (χ4v) is 2.11. The van der Waals surface area contributed by atoms with Gasteiger partial charge in [-0.05, 0) is 12.5 Å². The average molecular weight is 337 g/mol. The molecule has 0 aliphatic heterocycles. The quantitative estimate of drug-likeness (QED) is 0.295. The van der Waals surface area contributed by atoms with E-state index in [1.165, 1.54) is 25.8 Å². The van der Waals surface area contributed by atoms with Crippen LogP contribution in [-0.4, -0.2) is 29.3 Å². The lowest BCUT2D eigenvalue weighted by Gasteiger charge is -2.05. The van der Waals surface area contributed by atoms with Crippen molar-refractivity contribution in [1.82, 2.24) is 5.43 Å². The molecular formula is C16H23N3O5. The molecule has 8 nitrogen and oxygen atoms in total. The number of nitrogens with zero attached hydrogens (tertiary/aromatic N) is 2. The number of hydrogen-bond acceptors (Lipinski definition) is 6. The van der Waals surface area contributed by atoms with Crippen molar-refractivity contribution in [2.75, 3.05) is 7.11 Å². The van der Waals surface area contributed by atoms with E-state index in [-0.39, 0.29) is 11.7 Å². The first-order valence-electron chi connectivity index (χ1n) is 7.86. The van der Waals surface area contributed by atoms with Crippen LogP contribution >= 0.6 is 0 Å². The van der Waals surface area contributed by atoms with Crippen molar-refractivity contribution in [1.29, 1.82) is 0 Å². The first-order valence-corrected chi connectivity index (χ1v) is 7.86. The molecule has 1 rings (SSSR count). The number of benzene rings is 1. The van der Waals surface area contributed by atoms with E-state index in [1.54, 1.807) is 0 Å². The molecule has 0 spiro atoms. The van der Waals surface area contributed by atoms with Gasteiger partial charge in [-0.2, -0.15) is 5.10 Å². The van der Waals surface area contributed by atoms with Crippen LogP contribution < -0.4 is 10.2 Å². The minimum Gasteiger partial charge on any atom is -0.500 e. The van der Waals surface area contributed by atoms with Crippen molar-refractivity contribution >= 4 is 17.8 Å². The lowest BCUT2D eigenvalue weighted by molar-refractivity contribution is -0.386. The van der Waals surface area contributed by atoms with Crippen molar-refractivity contribution < 1.29 is 19.6 Å². The van der Waals surface area contributed by atoms with Crippen molar-refractivity contribution in [3.8, 4) is 11.5 Å². The van der Waals surface area contributed by atoms with Crippen LogP contribution in [0.15, 0.2) is 17.2 Å². The molecule has 0 unspecified atom stereocenters. The number of nitrogens with one attached hydrogen (secondary N) is 1. The van der Waals surface area contributed by atoms with E-state index in [0.29, 0.717) is 12.0 Å². The number of unbranched alkanes of at least 4 members (excludes halogenated alkanes) is 4. The first kappa shape index (κ1) is 19.4. The van der Waals surface area contributed by atoms with Gasteiger partial charge in [0.1, 0.15) is 0 Å². The third kappa shape index (κ3) is 6.23. The van der Waals surface area contributed by atoms with Gasteiger partial charge in [-0.25, -0.2) is 5.43 Å². The second-order valence-electron chi connectivity index (χ2n) is 5.31. The van der Waals surface area contributed by atoms with Gasteiger partial charge in [0.2, 0.25) is 11.7 Å². The molecule has 0 heterocycles. The number of phenols is 1. The van der Waals surface area contributed by atoms with Crippen molar-refractivity contribution in [2.24, 2.45) is 5.10 Å². The summed E-state index contributed by atoms with van der Waals surface area (Å²) in [5.74, 6) is -0.786. The summed E-state index contributed by atoms with van der Waals surface area (Å²) in [6, 6.07) is 2.54. The lowest BCUT2D eigenvalue weighted by Crippen LogP contribution is -2.16. The second-order valence-corrected chi connectivity index (χ2v) is 5.31. The molecule has 0 aromatic heterocycles. The molecule has 0 atom stereocenters. The standard InChI is InChI=1S/C16H23N3O5/c1-3-4-5-6-7-8-15(20)18-17-11-12-9-13(19(22)23)16(21)14(10-12)24-2/h9-11,21H,3-8H2,1-2H3,(H,18,20)/b17-11+. The monoisotopic (exact) mass is 337 g/mol. The van der Waals surface area contributed by atoms with Crippen LogP contribution in [0, 0.1) is 10.1 Å². The zero-order chi connectivity index (χ0) is 17.9. The number of nitro benzene ring substituents is 1. The molecule has 1 aromatic carbocycles. The van der Waals surface area contributed by atoms with Crippen LogP contribution in [0.5, 0.6) is 11.5 Å². The Balaban J connectivity index is 2.59. The van der Waals surface area contributed by atoms with E-state index >= 15 is 0 Å². The summed E-state index contributed by atoms with van der Waals surface area (Å²) in [7, 11) is 1.29. The maximum absolute atomic E-state index is 11.6. The highest BCUT2D eigenvalue weighted by Gasteiger charge is 2.19. The highest BCUT2D eigenvalue weighted by molar-refractivity contribution is 5.84. The SMILES string of the molecule is CCCCCCCC(=O)N/N=C/c1cc(OC)c(O)c([N+](=O)[O-])c1. The van der Waals surface area contributed by atoms with Crippen molar-refractivity contribution in [2.45, 2.75) is 45.4 Å². The summed E-state index contributed by atoms with van der Waals surface area (Å²) in [4.78, 5) is 21.8. The zero-order valence-corrected chi connectivity index (χ0v) is 13.9. The number of hydrogen-bond donors (Lipinski definition) is 2. The maximum Gasteiger partial charge on any atom is 0.315 e. The number of carbonyl (C=O) groups is 1. The number of nitro groups is 1. The van der Waals surface area contributed by atoms with Gasteiger partial charge in [0.05, 0.1) is 18.2 Å². The second kappa shape index (κ2) is 10.2. The first-order chi connectivity index (χ1) is 11.5. The third-order valence-corrected chi connectivity index (χ3v) is 3.40. The Bertz CT molecular complexity index is 602. The molecule has 2 N–H and O–H groups in total. The molecular weight excluding hydrogens is 314 g/mol. The molecule has 0 aliphatic carbocycles. The molecule has 1 aromatic rings. The summed E-state index contributed by atoms with van der Waals surface area (Å²) in [6.45, 7) is 2.13. The smallest absolute Gasteiger partial charge is 0.315 e. The number of hydrazone groups is 1. The van der Waals surface area contributed by atoms with Gasteiger partial charge in [0.25, 0.3) is 0 Å². The third-order valence-electron chi connectivity index (χ3n) is 3.40. The molecule has 0 bridgehead atoms. The largest absolute Gasteiger partial charge is 0.500 e. The van der Waals surface area contributed by atoms with Crippen LogP contribution in [0.4, 0.5) is 5.69 Å². The van der Waals surface area contributed by atoms with Gasteiger partial charge >= 0.3 is 5.69 Å². The van der Waals surface area contributed by atoms with Crippen LogP contribution in [0.2, 0.25) is 0 Å². The number of methoxy groups -OCH3 is 1. The van der Waals surface area contributed by atoms with Crippen LogP contribution in [0.25, 0.3) is 0 Å². The van der Waals surface area contributed by atoms with Gasteiger partial charge < -0.3 is 9.84 Å². The molecule has 1 amide bonds. The zero-order valence-electron chi connectivity index (χ0n) is 13.9. The molecule has 0 saturated heterocycles. The summed E-state index contributed by atoms with van der Waals surface area (Å²) >= 11 is 0. The summed E-state index contributed by atoms with van der Waals surface area (Å²) < 4.78 is 4.89. The summed E-state index contributed by atoms with van der Waals surface area (Å²) in [6.07, 6.45) is 6.90. The Morgan fingerprint density at radius 3 is 2.71 bits per heavy atom. The minimum absolute atomic E-state index is 0.0344. The van der Waals surface area contributed by atoms with E-state index in [4.69, 9.17) is 4.74 Å². The molecule has 0 radical (unpaired) electrons. The number of ether oxygens (including phenoxy) is 1. The number of amides is 1. The highest BCUT2D eigenvalue weighted by atomic mass is 16.6. The topological polar surface area (TPSA) is 114 Å². The summed E-state index contributed by atoms with van der Waals surface area (Å²) in [5, 5.41) is 24.3. The van der Waals surface area contributed by atoms with Gasteiger partial charge in [-0.15, -0.1) is 0 Å². The molecule has 0 fully saturated rings. The normalized spacial score (nSPS) is 10.8. The van der Waals surface area contributed by atoms with E-state index in [1.807, 2.05) is 0 Å². The Morgan fingerprint density at radius 1 is 1.38 bits per heavy atom. The van der Waals surface area contributed by atoms with E-state index < -0.39 is 16.4 Å². The van der Waals surface area contributed by atoms with Gasteiger partial charge in [-0.3, -0.25) is 14.9 Å². The fraction of sp³-hybridized carbons (Fsp3) is 0.500. The van der Waals surface area contributed by atoms with Gasteiger partial charge in [-0.1, -0.05) is 32.6 Å². The molecule has 0 aliphatic rings. The summed E-state index contributed by atoms with van der Waals surface area (Å²) in [5.41, 5.74) is 2.23. The highest BCUT2D eigenvalue weighted by Crippen LogP contribution is 2.36. The predicted molar refractivity (Wildman–Crippen MR) is 90.4 cm³/mol. The Hall–Kier alpha value is -2.64. The molecule has 24 heavy (non-hydrogen) atoms. The van der Waals surface area contributed by atoms with Gasteiger partial charge in [0, 0.05) is 18.1 Å². The molecule has 0 saturated carbocycles. The Morgan fingerprint density at radius 2 is 2.08 bits per heavy atom. The Labute approximate surface area is 140 Å². The van der Waals surface area contributed by atoms with Crippen LogP contribution in [0.1, 0.15) is 51.0 Å². The lowest BCUT2D eigenvalue weighted by atomic mass is 10.1. The van der Waals surface area contributed by atoms with E-state index in [9.17, 15) is 20.0 Å². The molecule has 8 heteroatoms. The average Bonchev–Trinajstić information content (AvgIpc) is 2.55. The predicted octanol–water partition coefficient (Wildman–Crippen LogP) is 3.12. The number of carbonyl (C=O) groups excluding carboxylic acids is 1. The number of aromatic hydroxyl groups is 1. The molecule has 132 valence electrons. The van der Waals surface area contributed by atoms with Crippen LogP contribution in [-0.2, 0) is 4.79 Å². The van der Waals surface area contributed by atoms with Crippen molar-refractivity contribution in [3.05, 3.63) is 27.8 Å². The number of rotatable bonds is 10. The van der Waals surface area contributed by atoms with Gasteiger partial charge in [0.15, 0.2) is 5.75 Å². The minimum atomic E-state index is -0.718. The van der Waals surface area contributed by atoms with Crippen molar-refractivity contribution in [3.63, 3.8) is 0 Å². The van der Waals surface area contributed by atoms with E-state index in [2.05, 4.69) is 17.5 Å². The maximum atomic E-state index is 11.6. The fourth-order valence-electron chi connectivity index (χ4n) is 2.11. The number of phenolic OH excluding ortho intramolecular Hbond substituents is 1. The van der Waals surface area contributed by atoms with Crippen LogP contribution in [0.3, 0.4) is 0 Å². The Kier molecular flexibility index (Phi) is 8.24.